The van der Waals surface area contributed by atoms with Crippen LogP contribution < -0.4 is 20.7 Å². The molecule has 0 aliphatic heterocycles. The molecular formula is C32H37Cl2N7O4. The highest BCUT2D eigenvalue weighted by Crippen LogP contribution is 2.39. The van der Waals surface area contributed by atoms with E-state index in [1.54, 1.807) is 41.1 Å². The van der Waals surface area contributed by atoms with Crippen LogP contribution in [-0.2, 0) is 17.8 Å². The maximum absolute atomic E-state index is 13.1. The van der Waals surface area contributed by atoms with Gasteiger partial charge in [-0.1, -0.05) is 48.7 Å². The SMILES string of the molecule is CCCCc1cc(NC(=O)Nc2ccc(Oc3ccnc(NC(=O)CCCN(C)C)c3)c(Cl)c2Cl)n(-c2ccc(CO)cc2)n1. The molecule has 2 heterocycles. The number of amides is 3. The predicted molar refractivity (Wildman–Crippen MR) is 178 cm³/mol. The third kappa shape index (κ3) is 9.66. The van der Waals surface area contributed by atoms with Crippen molar-refractivity contribution >= 4 is 52.5 Å². The second-order valence-electron chi connectivity index (χ2n) is 10.6. The van der Waals surface area contributed by atoms with Crippen LogP contribution in [0.15, 0.2) is 60.8 Å². The molecule has 4 aromatic rings. The zero-order chi connectivity index (χ0) is 32.3. The molecule has 0 atom stereocenters. The largest absolute Gasteiger partial charge is 0.456 e. The normalized spacial score (nSPS) is 11.0. The second-order valence-corrected chi connectivity index (χ2v) is 11.4. The van der Waals surface area contributed by atoms with Crippen molar-refractivity contribution in [2.75, 3.05) is 36.6 Å². The van der Waals surface area contributed by atoms with Gasteiger partial charge in [0.15, 0.2) is 0 Å². The summed E-state index contributed by atoms with van der Waals surface area (Å²) < 4.78 is 7.57. The van der Waals surface area contributed by atoms with Gasteiger partial charge >= 0.3 is 6.03 Å². The first-order valence-corrected chi connectivity index (χ1v) is 15.4. The van der Waals surface area contributed by atoms with Gasteiger partial charge in [-0.05, 0) is 75.8 Å². The molecule has 0 aliphatic rings. The van der Waals surface area contributed by atoms with Crippen LogP contribution in [0.3, 0.4) is 0 Å². The van der Waals surface area contributed by atoms with Crippen molar-refractivity contribution in [3.05, 3.63) is 82.1 Å². The number of aromatic nitrogens is 3. The highest BCUT2D eigenvalue weighted by molar-refractivity contribution is 6.45. The Labute approximate surface area is 272 Å². The number of benzene rings is 2. The van der Waals surface area contributed by atoms with Crippen LogP contribution in [0.2, 0.25) is 10.0 Å². The molecule has 0 fully saturated rings. The number of unbranched alkanes of at least 4 members (excludes halogenated alkanes) is 1. The van der Waals surface area contributed by atoms with Gasteiger partial charge in [0, 0.05) is 24.8 Å². The number of rotatable bonds is 14. The number of nitrogens with one attached hydrogen (secondary N) is 3. The fraction of sp³-hybridized carbons (Fsp3) is 0.312. The standard InChI is InChI=1S/C32H37Cl2N7O4/c1-4-5-7-22-18-28(41(39-22)23-11-9-21(20-42)10-12-23)38-32(44)36-25-13-14-26(31(34)30(25)33)45-24-15-16-35-27(19-24)37-29(43)8-6-17-40(2)3/h9-16,18-19,42H,4-8,17,20H2,1-3H3,(H,35,37,43)(H2,36,38,44). The number of ether oxygens (including phenoxy) is 1. The van der Waals surface area contributed by atoms with Crippen molar-refractivity contribution < 1.29 is 19.4 Å². The number of aliphatic hydroxyl groups is 1. The molecule has 2 aromatic heterocycles. The molecule has 3 amide bonds. The van der Waals surface area contributed by atoms with E-state index >= 15 is 0 Å². The molecule has 0 unspecified atom stereocenters. The smallest absolute Gasteiger partial charge is 0.324 e. The van der Waals surface area contributed by atoms with E-state index in [0.717, 1.165) is 49.2 Å². The summed E-state index contributed by atoms with van der Waals surface area (Å²) in [6, 6.07) is 14.9. The number of carbonyl (C=O) groups is 2. The first kappa shape index (κ1) is 33.7. The molecule has 13 heteroatoms. The number of carbonyl (C=O) groups excluding carboxylic acids is 2. The van der Waals surface area contributed by atoms with Gasteiger partial charge < -0.3 is 25.4 Å². The monoisotopic (exact) mass is 653 g/mol. The molecule has 0 bridgehead atoms. The number of hydrogen-bond donors (Lipinski definition) is 4. The topological polar surface area (TPSA) is 134 Å². The van der Waals surface area contributed by atoms with Crippen molar-refractivity contribution in [1.82, 2.24) is 19.7 Å². The minimum Gasteiger partial charge on any atom is -0.456 e. The summed E-state index contributed by atoms with van der Waals surface area (Å²) >= 11 is 13.1. The molecule has 2 aromatic carbocycles. The Morgan fingerprint density at radius 3 is 2.47 bits per heavy atom. The van der Waals surface area contributed by atoms with Gasteiger partial charge in [0.25, 0.3) is 0 Å². The molecule has 238 valence electrons. The first-order chi connectivity index (χ1) is 21.7. The summed E-state index contributed by atoms with van der Waals surface area (Å²) in [5.74, 6) is 1.32. The lowest BCUT2D eigenvalue weighted by molar-refractivity contribution is -0.116. The third-order valence-corrected chi connectivity index (χ3v) is 7.55. The maximum atomic E-state index is 13.1. The third-order valence-electron chi connectivity index (χ3n) is 6.68. The van der Waals surface area contributed by atoms with E-state index in [1.807, 2.05) is 37.2 Å². The predicted octanol–water partition coefficient (Wildman–Crippen LogP) is 7.13. The molecule has 45 heavy (non-hydrogen) atoms. The summed E-state index contributed by atoms with van der Waals surface area (Å²) in [5.41, 5.74) is 2.61. The van der Waals surface area contributed by atoms with E-state index in [-0.39, 0.29) is 34.0 Å². The summed E-state index contributed by atoms with van der Waals surface area (Å²) in [5, 5.41) is 22.6. The zero-order valence-electron chi connectivity index (χ0n) is 25.4. The van der Waals surface area contributed by atoms with E-state index in [4.69, 9.17) is 27.9 Å². The molecule has 11 nitrogen and oxygen atoms in total. The average molecular weight is 655 g/mol. The van der Waals surface area contributed by atoms with Gasteiger partial charge in [0.1, 0.15) is 28.2 Å². The van der Waals surface area contributed by atoms with Gasteiger partial charge in [0.05, 0.1) is 28.7 Å². The zero-order valence-corrected chi connectivity index (χ0v) is 27.0. The van der Waals surface area contributed by atoms with Crippen molar-refractivity contribution in [3.63, 3.8) is 0 Å². The average Bonchev–Trinajstić information content (AvgIpc) is 3.42. The minimum absolute atomic E-state index is 0.0683. The lowest BCUT2D eigenvalue weighted by Crippen LogP contribution is -2.21. The van der Waals surface area contributed by atoms with Crippen LogP contribution in [0.5, 0.6) is 11.5 Å². The Hall–Kier alpha value is -4.16. The summed E-state index contributed by atoms with van der Waals surface area (Å²) in [4.78, 5) is 31.5. The molecule has 4 N–H and O–H groups in total. The molecule has 0 saturated carbocycles. The fourth-order valence-electron chi connectivity index (χ4n) is 4.35. The van der Waals surface area contributed by atoms with Gasteiger partial charge in [-0.25, -0.2) is 14.5 Å². The number of aryl methyl sites for hydroxylation is 1. The maximum Gasteiger partial charge on any atom is 0.324 e. The van der Waals surface area contributed by atoms with Gasteiger partial charge in [-0.2, -0.15) is 5.10 Å². The van der Waals surface area contributed by atoms with Crippen LogP contribution >= 0.6 is 23.2 Å². The van der Waals surface area contributed by atoms with E-state index in [1.165, 1.54) is 6.20 Å². The number of halogens is 2. The number of hydrogen-bond acceptors (Lipinski definition) is 7. The fourth-order valence-corrected chi connectivity index (χ4v) is 4.75. The second kappa shape index (κ2) is 16.2. The van der Waals surface area contributed by atoms with Crippen LogP contribution in [0.25, 0.3) is 5.69 Å². The first-order valence-electron chi connectivity index (χ1n) is 14.6. The van der Waals surface area contributed by atoms with E-state index in [2.05, 4.69) is 33.0 Å². The Morgan fingerprint density at radius 2 is 1.76 bits per heavy atom. The Morgan fingerprint density at radius 1 is 0.978 bits per heavy atom. The number of aliphatic hydroxyl groups excluding tert-OH is 1. The van der Waals surface area contributed by atoms with E-state index < -0.39 is 6.03 Å². The molecule has 0 radical (unpaired) electrons. The van der Waals surface area contributed by atoms with Crippen molar-refractivity contribution in [2.45, 2.75) is 45.6 Å². The molecule has 0 saturated heterocycles. The van der Waals surface area contributed by atoms with Crippen molar-refractivity contribution in [2.24, 2.45) is 0 Å². The number of urea groups is 1. The van der Waals surface area contributed by atoms with Gasteiger partial charge in [-0.15, -0.1) is 0 Å². The lowest BCUT2D eigenvalue weighted by Gasteiger charge is -2.14. The number of pyridine rings is 1. The van der Waals surface area contributed by atoms with Gasteiger partial charge in [-0.3, -0.25) is 10.1 Å². The Kier molecular flexibility index (Phi) is 12.2. The van der Waals surface area contributed by atoms with Crippen molar-refractivity contribution in [3.8, 4) is 17.2 Å². The molecule has 4 rings (SSSR count). The van der Waals surface area contributed by atoms with Crippen LogP contribution in [0.1, 0.15) is 43.9 Å². The van der Waals surface area contributed by atoms with E-state index in [9.17, 15) is 14.7 Å². The molecule has 0 spiro atoms. The van der Waals surface area contributed by atoms with Gasteiger partial charge in [0.2, 0.25) is 5.91 Å². The summed E-state index contributed by atoms with van der Waals surface area (Å²) in [6.45, 7) is 2.84. The minimum atomic E-state index is -0.545. The highest BCUT2D eigenvalue weighted by atomic mass is 35.5. The molecular weight excluding hydrogens is 617 g/mol. The lowest BCUT2D eigenvalue weighted by atomic mass is 10.2. The number of nitrogens with zero attached hydrogens (tertiary/aromatic N) is 4. The van der Waals surface area contributed by atoms with Crippen LogP contribution in [0.4, 0.5) is 22.1 Å². The Balaban J connectivity index is 1.43. The van der Waals surface area contributed by atoms with Crippen LogP contribution in [0, 0.1) is 0 Å². The Bertz CT molecular complexity index is 1610. The van der Waals surface area contributed by atoms with Crippen molar-refractivity contribution in [1.29, 1.82) is 0 Å². The highest BCUT2D eigenvalue weighted by Gasteiger charge is 2.17. The van der Waals surface area contributed by atoms with Crippen LogP contribution in [-0.4, -0.2) is 57.3 Å². The van der Waals surface area contributed by atoms with E-state index in [0.29, 0.717) is 23.8 Å². The quantitative estimate of drug-likeness (QED) is 0.114. The number of anilines is 3. The summed E-state index contributed by atoms with van der Waals surface area (Å²) in [7, 11) is 3.91. The summed E-state index contributed by atoms with van der Waals surface area (Å²) in [6.07, 6.45) is 5.34. The molecule has 0 aliphatic carbocycles.